The van der Waals surface area contributed by atoms with E-state index < -0.39 is 6.10 Å². The second-order valence-electron chi connectivity index (χ2n) is 8.89. The Kier molecular flexibility index (Phi) is 21.3. The van der Waals surface area contributed by atoms with Crippen LogP contribution in [0.4, 0.5) is 0 Å². The number of rotatable bonds is 22. The van der Waals surface area contributed by atoms with E-state index in [1.165, 1.54) is 51.4 Å². The van der Waals surface area contributed by atoms with Crippen molar-refractivity contribution in [3.63, 3.8) is 0 Å². The van der Waals surface area contributed by atoms with Crippen LogP contribution in [0.1, 0.15) is 111 Å². The summed E-state index contributed by atoms with van der Waals surface area (Å²) in [4.78, 5) is 26.1. The third-order valence-electron chi connectivity index (χ3n) is 5.54. The van der Waals surface area contributed by atoms with E-state index in [0.29, 0.717) is 45.6 Å². The van der Waals surface area contributed by atoms with Gasteiger partial charge in [-0.25, -0.2) is 0 Å². The standard InChI is InChI=1S/C25H51N3O3/c1-4-6-8-10-12-14-16-24(30)26-18-20-28(22-23(3)29)21-19-27-25(31)17-15-13-11-9-7-5-2/h23,29H,4-22H2,1-3H3,(H,26,30)(H,27,31). The summed E-state index contributed by atoms with van der Waals surface area (Å²) < 4.78 is 0. The van der Waals surface area contributed by atoms with Crippen LogP contribution >= 0.6 is 0 Å². The Morgan fingerprint density at radius 3 is 1.48 bits per heavy atom. The summed E-state index contributed by atoms with van der Waals surface area (Å²) in [7, 11) is 0. The van der Waals surface area contributed by atoms with Gasteiger partial charge in [0, 0.05) is 45.6 Å². The largest absolute Gasteiger partial charge is 0.392 e. The first-order valence-corrected chi connectivity index (χ1v) is 12.9. The molecule has 2 amide bonds. The molecule has 0 bridgehead atoms. The highest BCUT2D eigenvalue weighted by atomic mass is 16.3. The van der Waals surface area contributed by atoms with E-state index in [9.17, 15) is 14.7 Å². The number of carbonyl (C=O) groups is 2. The number of carbonyl (C=O) groups excluding carboxylic acids is 2. The molecule has 0 fully saturated rings. The molecule has 0 aliphatic heterocycles. The number of nitrogens with zero attached hydrogens (tertiary/aromatic N) is 1. The molecular weight excluding hydrogens is 390 g/mol. The lowest BCUT2D eigenvalue weighted by molar-refractivity contribution is -0.121. The van der Waals surface area contributed by atoms with Crippen molar-refractivity contribution in [2.75, 3.05) is 32.7 Å². The molecule has 0 heterocycles. The summed E-state index contributed by atoms with van der Waals surface area (Å²) >= 11 is 0. The van der Waals surface area contributed by atoms with Crippen LogP contribution in [0.5, 0.6) is 0 Å². The van der Waals surface area contributed by atoms with Crippen molar-refractivity contribution in [3.05, 3.63) is 0 Å². The highest BCUT2D eigenvalue weighted by molar-refractivity contribution is 5.76. The Hall–Kier alpha value is -1.14. The van der Waals surface area contributed by atoms with Crippen molar-refractivity contribution >= 4 is 11.8 Å². The molecule has 0 radical (unpaired) electrons. The zero-order chi connectivity index (χ0) is 23.2. The summed E-state index contributed by atoms with van der Waals surface area (Å²) in [5.41, 5.74) is 0. The quantitative estimate of drug-likeness (QED) is 0.217. The van der Waals surface area contributed by atoms with Gasteiger partial charge in [0.1, 0.15) is 0 Å². The van der Waals surface area contributed by atoms with Gasteiger partial charge in [-0.2, -0.15) is 0 Å². The SMILES string of the molecule is CCCCCCCCC(=O)NCCN(CCNC(=O)CCCCCCCC)CC(C)O. The molecule has 0 rings (SSSR count). The van der Waals surface area contributed by atoms with Crippen molar-refractivity contribution in [1.29, 1.82) is 0 Å². The maximum absolute atomic E-state index is 12.0. The van der Waals surface area contributed by atoms with E-state index in [1.807, 2.05) is 0 Å². The third kappa shape index (κ3) is 21.9. The van der Waals surface area contributed by atoms with Gasteiger partial charge in [-0.1, -0.05) is 78.1 Å². The molecule has 0 aromatic rings. The highest BCUT2D eigenvalue weighted by Gasteiger charge is 2.10. The number of hydrogen-bond acceptors (Lipinski definition) is 4. The van der Waals surface area contributed by atoms with Gasteiger partial charge in [0.05, 0.1) is 6.10 Å². The van der Waals surface area contributed by atoms with Crippen LogP contribution < -0.4 is 10.6 Å². The molecule has 0 saturated heterocycles. The fourth-order valence-electron chi connectivity index (χ4n) is 3.68. The molecule has 3 N–H and O–H groups in total. The maximum Gasteiger partial charge on any atom is 0.220 e. The van der Waals surface area contributed by atoms with Crippen molar-refractivity contribution in [1.82, 2.24) is 15.5 Å². The van der Waals surface area contributed by atoms with Gasteiger partial charge in [0.25, 0.3) is 0 Å². The van der Waals surface area contributed by atoms with Crippen molar-refractivity contribution in [3.8, 4) is 0 Å². The van der Waals surface area contributed by atoms with Crippen molar-refractivity contribution in [2.24, 2.45) is 0 Å². The predicted octanol–water partition coefficient (Wildman–Crippen LogP) is 4.40. The van der Waals surface area contributed by atoms with Crippen LogP contribution in [-0.2, 0) is 9.59 Å². The van der Waals surface area contributed by atoms with Crippen LogP contribution in [0.2, 0.25) is 0 Å². The number of unbranched alkanes of at least 4 members (excludes halogenated alkanes) is 10. The first-order valence-electron chi connectivity index (χ1n) is 12.9. The summed E-state index contributed by atoms with van der Waals surface area (Å²) in [6.45, 7) is 9.24. The summed E-state index contributed by atoms with van der Waals surface area (Å²) in [5.74, 6) is 0.222. The lowest BCUT2D eigenvalue weighted by atomic mass is 10.1. The van der Waals surface area contributed by atoms with Gasteiger partial charge in [0.15, 0.2) is 0 Å². The van der Waals surface area contributed by atoms with Crippen molar-refractivity contribution < 1.29 is 14.7 Å². The molecule has 6 nitrogen and oxygen atoms in total. The zero-order valence-corrected chi connectivity index (χ0v) is 20.7. The Bertz CT molecular complexity index is 396. The molecular formula is C25H51N3O3. The van der Waals surface area contributed by atoms with Crippen LogP contribution in [0.15, 0.2) is 0 Å². The summed E-state index contributed by atoms with van der Waals surface area (Å²) in [6, 6.07) is 0. The van der Waals surface area contributed by atoms with Crippen molar-refractivity contribution in [2.45, 2.75) is 117 Å². The predicted molar refractivity (Wildman–Crippen MR) is 130 cm³/mol. The summed E-state index contributed by atoms with van der Waals surface area (Å²) in [6.07, 6.45) is 14.9. The molecule has 0 aromatic heterocycles. The number of amides is 2. The number of nitrogens with one attached hydrogen (secondary N) is 2. The van der Waals surface area contributed by atoms with Gasteiger partial charge in [-0.15, -0.1) is 0 Å². The molecule has 0 aliphatic rings. The number of aliphatic hydroxyl groups is 1. The molecule has 0 spiro atoms. The van der Waals surface area contributed by atoms with Gasteiger partial charge in [0.2, 0.25) is 11.8 Å². The fraction of sp³-hybridized carbons (Fsp3) is 0.920. The Balaban J connectivity index is 3.87. The second-order valence-corrected chi connectivity index (χ2v) is 8.89. The average Bonchev–Trinajstić information content (AvgIpc) is 2.72. The molecule has 31 heavy (non-hydrogen) atoms. The van der Waals surface area contributed by atoms with Crippen LogP contribution in [0.3, 0.4) is 0 Å². The normalized spacial score (nSPS) is 12.2. The van der Waals surface area contributed by atoms with Crippen LogP contribution in [0.25, 0.3) is 0 Å². The van der Waals surface area contributed by atoms with E-state index in [4.69, 9.17) is 0 Å². The Labute approximate surface area is 191 Å². The van der Waals surface area contributed by atoms with E-state index in [2.05, 4.69) is 29.4 Å². The first kappa shape index (κ1) is 29.9. The van der Waals surface area contributed by atoms with E-state index in [0.717, 1.165) is 25.7 Å². The molecule has 0 aromatic carbocycles. The lowest BCUT2D eigenvalue weighted by Crippen LogP contribution is -2.42. The summed E-state index contributed by atoms with van der Waals surface area (Å²) in [5, 5.41) is 15.7. The number of hydrogen-bond donors (Lipinski definition) is 3. The molecule has 184 valence electrons. The topological polar surface area (TPSA) is 81.7 Å². The average molecular weight is 442 g/mol. The molecule has 1 atom stereocenters. The van der Waals surface area contributed by atoms with E-state index >= 15 is 0 Å². The maximum atomic E-state index is 12.0. The highest BCUT2D eigenvalue weighted by Crippen LogP contribution is 2.07. The van der Waals surface area contributed by atoms with Gasteiger partial charge < -0.3 is 15.7 Å². The van der Waals surface area contributed by atoms with Crippen LogP contribution in [-0.4, -0.2) is 60.6 Å². The third-order valence-corrected chi connectivity index (χ3v) is 5.54. The minimum absolute atomic E-state index is 0.111. The minimum atomic E-state index is -0.433. The molecule has 0 aliphatic carbocycles. The Morgan fingerprint density at radius 1 is 0.710 bits per heavy atom. The molecule has 6 heteroatoms. The lowest BCUT2D eigenvalue weighted by Gasteiger charge is -2.24. The number of aliphatic hydroxyl groups excluding tert-OH is 1. The minimum Gasteiger partial charge on any atom is -0.392 e. The first-order chi connectivity index (χ1) is 15.0. The molecule has 1 unspecified atom stereocenters. The van der Waals surface area contributed by atoms with Gasteiger partial charge in [-0.3, -0.25) is 14.5 Å². The smallest absolute Gasteiger partial charge is 0.220 e. The zero-order valence-electron chi connectivity index (χ0n) is 20.7. The van der Waals surface area contributed by atoms with Gasteiger partial charge in [-0.05, 0) is 19.8 Å². The Morgan fingerprint density at radius 2 is 1.10 bits per heavy atom. The monoisotopic (exact) mass is 441 g/mol. The fourth-order valence-corrected chi connectivity index (χ4v) is 3.68. The van der Waals surface area contributed by atoms with Gasteiger partial charge >= 0.3 is 0 Å². The molecule has 0 saturated carbocycles. The second kappa shape index (κ2) is 22.1. The van der Waals surface area contributed by atoms with Crippen LogP contribution in [0, 0.1) is 0 Å². The van der Waals surface area contributed by atoms with E-state index in [-0.39, 0.29) is 11.8 Å². The van der Waals surface area contributed by atoms with E-state index in [1.54, 1.807) is 6.92 Å².